The molecule has 0 aromatic carbocycles. The molecule has 0 bridgehead atoms. The molecule has 0 spiro atoms. The first kappa shape index (κ1) is 16.9. The van der Waals surface area contributed by atoms with Gasteiger partial charge in [-0.2, -0.15) is 4.39 Å². The minimum Gasteiger partial charge on any atom is -0.352 e. The van der Waals surface area contributed by atoms with Gasteiger partial charge in [0.15, 0.2) is 0 Å². The van der Waals surface area contributed by atoms with E-state index < -0.39 is 5.95 Å². The molecule has 0 aliphatic carbocycles. The Balaban J connectivity index is 1.40. The third-order valence-corrected chi connectivity index (χ3v) is 5.27. The average molecular weight is 377 g/mol. The quantitative estimate of drug-likeness (QED) is 0.654. The molecule has 0 amide bonds. The molecule has 0 N–H and O–H groups in total. The Labute approximate surface area is 162 Å². The maximum Gasteiger partial charge on any atom is 0.231 e. The standard InChI is InChI=1S/C20H20FN7/c21-18-5-4-15(13-23-18)17-3-1-8-22-19(17)26-11-6-16(7-12-26)28-10-2-9-27-14-24-25-20(27)28/h1,3-6,8,13-14H,2,7,9-12H2. The predicted molar refractivity (Wildman–Crippen MR) is 104 cm³/mol. The second-order valence-electron chi connectivity index (χ2n) is 6.97. The number of rotatable bonds is 3. The normalized spacial score (nSPS) is 16.7. The maximum absolute atomic E-state index is 13.2. The van der Waals surface area contributed by atoms with Gasteiger partial charge in [-0.15, -0.1) is 10.2 Å². The van der Waals surface area contributed by atoms with Gasteiger partial charge in [-0.25, -0.2) is 9.97 Å². The summed E-state index contributed by atoms with van der Waals surface area (Å²) >= 11 is 0. The van der Waals surface area contributed by atoms with E-state index in [-0.39, 0.29) is 0 Å². The molecule has 2 aliphatic rings. The third-order valence-electron chi connectivity index (χ3n) is 5.27. The Morgan fingerprint density at radius 3 is 2.82 bits per heavy atom. The van der Waals surface area contributed by atoms with Crippen LogP contribution in [0.1, 0.15) is 12.8 Å². The number of pyridine rings is 2. The molecule has 0 atom stereocenters. The fourth-order valence-corrected chi connectivity index (χ4v) is 3.89. The Morgan fingerprint density at radius 1 is 1.04 bits per heavy atom. The van der Waals surface area contributed by atoms with Crippen molar-refractivity contribution in [2.45, 2.75) is 19.4 Å². The average Bonchev–Trinajstić information content (AvgIpc) is 3.24. The zero-order valence-corrected chi connectivity index (χ0v) is 15.4. The second kappa shape index (κ2) is 7.03. The molecule has 0 saturated heterocycles. The summed E-state index contributed by atoms with van der Waals surface area (Å²) in [5.41, 5.74) is 3.11. The molecule has 8 heteroatoms. The molecule has 2 aliphatic heterocycles. The van der Waals surface area contributed by atoms with Gasteiger partial charge in [0.1, 0.15) is 12.1 Å². The fraction of sp³-hybridized carbons (Fsp3) is 0.300. The van der Waals surface area contributed by atoms with Gasteiger partial charge in [0.25, 0.3) is 0 Å². The molecule has 0 unspecified atom stereocenters. The van der Waals surface area contributed by atoms with E-state index in [1.54, 1.807) is 24.8 Å². The first-order valence-electron chi connectivity index (χ1n) is 9.46. The predicted octanol–water partition coefficient (Wildman–Crippen LogP) is 2.88. The molecule has 5 heterocycles. The van der Waals surface area contributed by atoms with Crippen LogP contribution in [-0.4, -0.2) is 44.4 Å². The number of aromatic nitrogens is 5. The van der Waals surface area contributed by atoms with Crippen LogP contribution in [0.2, 0.25) is 0 Å². The summed E-state index contributed by atoms with van der Waals surface area (Å²) in [6.07, 6.45) is 9.39. The van der Waals surface area contributed by atoms with E-state index in [4.69, 9.17) is 0 Å². The third kappa shape index (κ3) is 3.00. The fourth-order valence-electron chi connectivity index (χ4n) is 3.89. The molecule has 3 aromatic rings. The number of fused-ring (bicyclic) bond motifs is 1. The van der Waals surface area contributed by atoms with Crippen molar-refractivity contribution in [1.82, 2.24) is 24.7 Å². The zero-order chi connectivity index (χ0) is 18.9. The summed E-state index contributed by atoms with van der Waals surface area (Å²) in [6.45, 7) is 3.57. The smallest absolute Gasteiger partial charge is 0.231 e. The Morgan fingerprint density at radius 2 is 2.00 bits per heavy atom. The van der Waals surface area contributed by atoms with Crippen LogP contribution in [-0.2, 0) is 6.54 Å². The lowest BCUT2D eigenvalue weighted by molar-refractivity contribution is 0.568. The zero-order valence-electron chi connectivity index (χ0n) is 15.4. The first-order valence-corrected chi connectivity index (χ1v) is 9.46. The van der Waals surface area contributed by atoms with Crippen molar-refractivity contribution < 1.29 is 4.39 Å². The minimum absolute atomic E-state index is 0.478. The summed E-state index contributed by atoms with van der Waals surface area (Å²) in [4.78, 5) is 12.9. The van der Waals surface area contributed by atoms with Crippen molar-refractivity contribution in [2.75, 3.05) is 29.4 Å². The lowest BCUT2D eigenvalue weighted by Crippen LogP contribution is -2.37. The van der Waals surface area contributed by atoms with Gasteiger partial charge < -0.3 is 9.80 Å². The molecule has 142 valence electrons. The van der Waals surface area contributed by atoms with Gasteiger partial charge in [0, 0.05) is 61.8 Å². The SMILES string of the molecule is Fc1ccc(-c2cccnc2N2CC=C(N3CCCn4cnnc43)CC2)cn1. The minimum atomic E-state index is -0.478. The van der Waals surface area contributed by atoms with E-state index in [2.05, 4.69) is 40.6 Å². The topological polar surface area (TPSA) is 63.0 Å². The molecule has 5 rings (SSSR count). The van der Waals surface area contributed by atoms with E-state index in [0.29, 0.717) is 0 Å². The van der Waals surface area contributed by atoms with Crippen LogP contribution in [0, 0.1) is 5.95 Å². The number of aryl methyl sites for hydroxylation is 1. The molecule has 7 nitrogen and oxygen atoms in total. The van der Waals surface area contributed by atoms with E-state index >= 15 is 0 Å². The number of anilines is 2. The van der Waals surface area contributed by atoms with Crippen LogP contribution in [0.3, 0.4) is 0 Å². The lowest BCUT2D eigenvalue weighted by atomic mass is 10.1. The van der Waals surface area contributed by atoms with Crippen LogP contribution < -0.4 is 9.80 Å². The van der Waals surface area contributed by atoms with Crippen molar-refractivity contribution in [3.05, 3.63) is 60.7 Å². The van der Waals surface area contributed by atoms with Crippen molar-refractivity contribution in [3.8, 4) is 11.1 Å². The highest BCUT2D eigenvalue weighted by atomic mass is 19.1. The summed E-state index contributed by atoms with van der Waals surface area (Å²) in [5, 5.41) is 8.34. The molecule has 28 heavy (non-hydrogen) atoms. The highest BCUT2D eigenvalue weighted by Gasteiger charge is 2.25. The number of hydrogen-bond acceptors (Lipinski definition) is 6. The lowest BCUT2D eigenvalue weighted by Gasteiger charge is -2.35. The Kier molecular flexibility index (Phi) is 4.23. The molecule has 0 radical (unpaired) electrons. The van der Waals surface area contributed by atoms with E-state index in [9.17, 15) is 4.39 Å². The first-order chi connectivity index (χ1) is 13.8. The van der Waals surface area contributed by atoms with E-state index in [1.165, 1.54) is 11.8 Å². The van der Waals surface area contributed by atoms with Gasteiger partial charge in [-0.1, -0.05) is 0 Å². The van der Waals surface area contributed by atoms with E-state index in [1.807, 2.05) is 12.1 Å². The number of nitrogens with zero attached hydrogens (tertiary/aromatic N) is 7. The van der Waals surface area contributed by atoms with Gasteiger partial charge in [0.05, 0.1) is 0 Å². The molecular formula is C20H20FN7. The van der Waals surface area contributed by atoms with Gasteiger partial charge in [-0.05, 0) is 36.8 Å². The Hall–Kier alpha value is -3.29. The maximum atomic E-state index is 13.2. The van der Waals surface area contributed by atoms with Crippen molar-refractivity contribution >= 4 is 11.8 Å². The van der Waals surface area contributed by atoms with Crippen LogP contribution in [0.5, 0.6) is 0 Å². The summed E-state index contributed by atoms with van der Waals surface area (Å²) in [7, 11) is 0. The summed E-state index contributed by atoms with van der Waals surface area (Å²) in [6, 6.07) is 7.03. The number of halogens is 1. The Bertz CT molecular complexity index is 1010. The largest absolute Gasteiger partial charge is 0.352 e. The highest BCUT2D eigenvalue weighted by Crippen LogP contribution is 2.31. The molecule has 0 fully saturated rings. The summed E-state index contributed by atoms with van der Waals surface area (Å²) < 4.78 is 15.3. The van der Waals surface area contributed by atoms with E-state index in [0.717, 1.165) is 61.9 Å². The van der Waals surface area contributed by atoms with Crippen LogP contribution in [0.4, 0.5) is 16.2 Å². The molecule has 0 saturated carbocycles. The van der Waals surface area contributed by atoms with Gasteiger partial charge in [-0.3, -0.25) is 4.57 Å². The highest BCUT2D eigenvalue weighted by molar-refractivity contribution is 5.75. The number of hydrogen-bond donors (Lipinski definition) is 0. The summed E-state index contributed by atoms with van der Waals surface area (Å²) in [5.74, 6) is 1.35. The van der Waals surface area contributed by atoms with Crippen LogP contribution in [0.25, 0.3) is 11.1 Å². The van der Waals surface area contributed by atoms with Crippen LogP contribution >= 0.6 is 0 Å². The van der Waals surface area contributed by atoms with Crippen molar-refractivity contribution in [3.63, 3.8) is 0 Å². The van der Waals surface area contributed by atoms with Crippen molar-refractivity contribution in [2.24, 2.45) is 0 Å². The second-order valence-corrected chi connectivity index (χ2v) is 6.97. The van der Waals surface area contributed by atoms with Gasteiger partial charge >= 0.3 is 0 Å². The van der Waals surface area contributed by atoms with Crippen molar-refractivity contribution in [1.29, 1.82) is 0 Å². The van der Waals surface area contributed by atoms with Crippen LogP contribution in [0.15, 0.2) is 54.8 Å². The monoisotopic (exact) mass is 377 g/mol. The molecular weight excluding hydrogens is 357 g/mol. The molecule has 3 aromatic heterocycles. The van der Waals surface area contributed by atoms with Gasteiger partial charge in [0.2, 0.25) is 11.9 Å².